The maximum atomic E-state index is 11.0. The molecule has 0 spiro atoms. The summed E-state index contributed by atoms with van der Waals surface area (Å²) in [6.45, 7) is 0.523. The lowest BCUT2D eigenvalue weighted by molar-refractivity contribution is 0.748. The lowest BCUT2D eigenvalue weighted by Crippen LogP contribution is -2.19. The lowest BCUT2D eigenvalue weighted by atomic mass is 10.1. The second-order valence-corrected chi connectivity index (χ2v) is 6.06. The molecule has 1 aliphatic rings. The van der Waals surface area contributed by atoms with E-state index in [4.69, 9.17) is 0 Å². The van der Waals surface area contributed by atoms with Crippen molar-refractivity contribution in [2.24, 2.45) is 4.99 Å². The number of nitrogens with zero attached hydrogens (tertiary/aromatic N) is 1. The Hall–Kier alpha value is -1.53. The number of H-pyrrole nitrogens is 1. The SMILES string of the molecule is O=c1[nH]c(CN=C2NC(c3ccccc3)CS2)cs1. The van der Waals surface area contributed by atoms with Crippen LogP contribution in [0.5, 0.6) is 0 Å². The molecule has 2 aromatic rings. The molecular weight excluding hydrogens is 278 g/mol. The van der Waals surface area contributed by atoms with Gasteiger partial charge in [-0.05, 0) is 5.56 Å². The predicted molar refractivity (Wildman–Crippen MR) is 80.9 cm³/mol. The van der Waals surface area contributed by atoms with Crippen LogP contribution in [-0.2, 0) is 6.54 Å². The maximum absolute atomic E-state index is 11.0. The second-order valence-electron chi connectivity index (χ2n) is 4.21. The van der Waals surface area contributed by atoms with Gasteiger partial charge in [-0.2, -0.15) is 0 Å². The highest BCUT2D eigenvalue weighted by atomic mass is 32.2. The zero-order valence-corrected chi connectivity index (χ0v) is 11.8. The first kappa shape index (κ1) is 12.5. The van der Waals surface area contributed by atoms with E-state index < -0.39 is 0 Å². The third-order valence-electron chi connectivity index (χ3n) is 2.85. The van der Waals surface area contributed by atoms with Gasteiger partial charge in [0.15, 0.2) is 5.17 Å². The van der Waals surface area contributed by atoms with Gasteiger partial charge in [-0.1, -0.05) is 53.4 Å². The van der Waals surface area contributed by atoms with E-state index in [2.05, 4.69) is 27.4 Å². The lowest BCUT2D eigenvalue weighted by Gasteiger charge is -2.09. The summed E-state index contributed by atoms with van der Waals surface area (Å²) in [7, 11) is 0. The molecule has 1 unspecified atom stereocenters. The summed E-state index contributed by atoms with van der Waals surface area (Å²) in [5.41, 5.74) is 2.15. The third-order valence-corrected chi connectivity index (χ3v) is 4.59. The van der Waals surface area contributed by atoms with Crippen LogP contribution in [-0.4, -0.2) is 15.9 Å². The van der Waals surface area contributed by atoms with E-state index in [1.807, 2.05) is 23.6 Å². The molecule has 1 aliphatic heterocycles. The van der Waals surface area contributed by atoms with Crippen molar-refractivity contribution in [2.45, 2.75) is 12.6 Å². The molecule has 1 aromatic carbocycles. The Bertz CT molecular complexity index is 633. The topological polar surface area (TPSA) is 57.2 Å². The van der Waals surface area contributed by atoms with Crippen molar-refractivity contribution >= 4 is 28.3 Å². The number of thioether (sulfide) groups is 1. The summed E-state index contributed by atoms with van der Waals surface area (Å²) in [5, 5.41) is 6.17. The molecule has 2 heterocycles. The van der Waals surface area contributed by atoms with Crippen LogP contribution >= 0.6 is 23.1 Å². The van der Waals surface area contributed by atoms with Crippen LogP contribution in [0.1, 0.15) is 17.3 Å². The van der Waals surface area contributed by atoms with Crippen molar-refractivity contribution in [1.82, 2.24) is 10.3 Å². The Morgan fingerprint density at radius 1 is 1.32 bits per heavy atom. The van der Waals surface area contributed by atoms with E-state index in [0.29, 0.717) is 12.6 Å². The smallest absolute Gasteiger partial charge is 0.304 e. The Labute approximate surface area is 119 Å². The normalized spacial score (nSPS) is 20.6. The van der Waals surface area contributed by atoms with Crippen LogP contribution in [0.3, 0.4) is 0 Å². The fourth-order valence-electron chi connectivity index (χ4n) is 1.90. The van der Waals surface area contributed by atoms with Crippen LogP contribution in [0.4, 0.5) is 0 Å². The summed E-state index contributed by atoms with van der Waals surface area (Å²) in [5.74, 6) is 0.989. The van der Waals surface area contributed by atoms with Crippen LogP contribution in [0.25, 0.3) is 0 Å². The van der Waals surface area contributed by atoms with E-state index in [9.17, 15) is 4.79 Å². The number of nitrogens with one attached hydrogen (secondary N) is 2. The Morgan fingerprint density at radius 2 is 2.16 bits per heavy atom. The van der Waals surface area contributed by atoms with Crippen molar-refractivity contribution < 1.29 is 0 Å². The monoisotopic (exact) mass is 291 g/mol. The van der Waals surface area contributed by atoms with E-state index in [1.165, 1.54) is 16.9 Å². The number of rotatable bonds is 3. The number of hydrogen-bond donors (Lipinski definition) is 2. The first-order valence-corrected chi connectivity index (χ1v) is 7.83. The first-order valence-electron chi connectivity index (χ1n) is 5.97. The van der Waals surface area contributed by atoms with Gasteiger partial charge in [0.25, 0.3) is 0 Å². The van der Waals surface area contributed by atoms with Gasteiger partial charge >= 0.3 is 4.87 Å². The minimum atomic E-state index is -0.0237. The molecule has 19 heavy (non-hydrogen) atoms. The number of hydrogen-bond acceptors (Lipinski definition) is 4. The molecule has 98 valence electrons. The molecule has 1 fully saturated rings. The van der Waals surface area contributed by atoms with E-state index in [1.54, 1.807) is 11.8 Å². The van der Waals surface area contributed by atoms with E-state index >= 15 is 0 Å². The van der Waals surface area contributed by atoms with Gasteiger partial charge < -0.3 is 10.3 Å². The van der Waals surface area contributed by atoms with Gasteiger partial charge in [0.2, 0.25) is 0 Å². The van der Waals surface area contributed by atoms with E-state index in [-0.39, 0.29) is 4.87 Å². The van der Waals surface area contributed by atoms with E-state index in [0.717, 1.165) is 16.6 Å². The fraction of sp³-hybridized carbons (Fsp3) is 0.231. The molecule has 0 bridgehead atoms. The first-order chi connectivity index (χ1) is 9.31. The van der Waals surface area contributed by atoms with Crippen molar-refractivity contribution in [3.05, 3.63) is 56.6 Å². The zero-order chi connectivity index (χ0) is 13.1. The summed E-state index contributed by atoms with van der Waals surface area (Å²) >= 11 is 2.90. The Morgan fingerprint density at radius 3 is 2.89 bits per heavy atom. The Balaban J connectivity index is 1.64. The number of thiazole rings is 1. The standard InChI is InChI=1S/C13H13N3OS2/c17-13-15-10(7-19-13)6-14-12-16-11(8-18-12)9-4-2-1-3-5-9/h1-5,7,11H,6,8H2,(H,14,16)(H,15,17). The second kappa shape index (κ2) is 5.63. The van der Waals surface area contributed by atoms with Crippen molar-refractivity contribution in [2.75, 3.05) is 5.75 Å². The molecule has 0 saturated carbocycles. The van der Waals surface area contributed by atoms with Crippen molar-refractivity contribution in [3.63, 3.8) is 0 Å². The molecule has 0 amide bonds. The van der Waals surface area contributed by atoms with Crippen LogP contribution < -0.4 is 10.2 Å². The van der Waals surface area contributed by atoms with Gasteiger partial charge in [0, 0.05) is 11.1 Å². The molecule has 1 saturated heterocycles. The minimum Gasteiger partial charge on any atom is -0.357 e. The number of aliphatic imine (C=N–C) groups is 1. The van der Waals surface area contributed by atoms with Gasteiger partial charge in [0.05, 0.1) is 18.3 Å². The van der Waals surface area contributed by atoms with Crippen LogP contribution in [0, 0.1) is 0 Å². The highest BCUT2D eigenvalue weighted by molar-refractivity contribution is 8.14. The number of benzene rings is 1. The molecule has 1 aromatic heterocycles. The van der Waals surface area contributed by atoms with Gasteiger partial charge in [-0.3, -0.25) is 9.79 Å². The molecule has 2 N–H and O–H groups in total. The summed E-state index contributed by atoms with van der Waals surface area (Å²) in [6.07, 6.45) is 0. The number of amidine groups is 1. The maximum Gasteiger partial charge on any atom is 0.304 e. The molecule has 4 nitrogen and oxygen atoms in total. The van der Waals surface area contributed by atoms with Crippen molar-refractivity contribution in [1.29, 1.82) is 0 Å². The Kier molecular flexibility index (Phi) is 3.70. The highest BCUT2D eigenvalue weighted by Crippen LogP contribution is 2.25. The average molecular weight is 291 g/mol. The fourth-order valence-corrected chi connectivity index (χ4v) is 3.45. The quantitative estimate of drug-likeness (QED) is 0.913. The number of aromatic amines is 1. The van der Waals surface area contributed by atoms with Crippen LogP contribution in [0.2, 0.25) is 0 Å². The van der Waals surface area contributed by atoms with Crippen molar-refractivity contribution in [3.8, 4) is 0 Å². The molecule has 1 atom stereocenters. The summed E-state index contributed by atoms with van der Waals surface area (Å²) in [6, 6.07) is 10.7. The molecular formula is C13H13N3OS2. The molecule has 0 radical (unpaired) electrons. The third kappa shape index (κ3) is 3.08. The van der Waals surface area contributed by atoms with Crippen LogP contribution in [0.15, 0.2) is 45.5 Å². The average Bonchev–Trinajstić information content (AvgIpc) is 3.06. The summed E-state index contributed by atoms with van der Waals surface area (Å²) < 4.78 is 0. The van der Waals surface area contributed by atoms with Gasteiger partial charge in [-0.25, -0.2) is 0 Å². The predicted octanol–water partition coefficient (Wildman–Crippen LogP) is 2.37. The summed E-state index contributed by atoms with van der Waals surface area (Å²) in [4.78, 5) is 18.2. The largest absolute Gasteiger partial charge is 0.357 e. The molecule has 3 rings (SSSR count). The highest BCUT2D eigenvalue weighted by Gasteiger charge is 2.21. The minimum absolute atomic E-state index is 0.0237. The van der Waals surface area contributed by atoms with Gasteiger partial charge in [-0.15, -0.1) is 0 Å². The number of aromatic nitrogens is 1. The van der Waals surface area contributed by atoms with Gasteiger partial charge in [0.1, 0.15) is 0 Å². The molecule has 6 heteroatoms. The zero-order valence-electron chi connectivity index (χ0n) is 10.1. The molecule has 0 aliphatic carbocycles.